The molecule has 0 amide bonds. The second kappa shape index (κ2) is 7.24. The Morgan fingerprint density at radius 3 is 2.12 bits per heavy atom. The minimum Gasteiger partial charge on any atom is -1.00 e. The van der Waals surface area contributed by atoms with Gasteiger partial charge in [-0.3, -0.25) is 4.79 Å². The van der Waals surface area contributed by atoms with Gasteiger partial charge in [-0.2, -0.15) is 0 Å². The monoisotopic (exact) mass is 264 g/mol. The van der Waals surface area contributed by atoms with E-state index in [2.05, 4.69) is 37.5 Å². The van der Waals surface area contributed by atoms with E-state index in [0.29, 0.717) is 0 Å². The minimum absolute atomic E-state index is 0. The first kappa shape index (κ1) is 16.8. The van der Waals surface area contributed by atoms with Crippen LogP contribution in [0.25, 0.3) is 0 Å². The molecule has 3 unspecified atom stereocenters. The molecule has 1 aromatic carbocycles. The Kier molecular flexibility index (Phi) is 7.58. The quantitative estimate of drug-likeness (QED) is 0.428. The van der Waals surface area contributed by atoms with Gasteiger partial charge in [0.1, 0.15) is 0 Å². The van der Waals surface area contributed by atoms with E-state index in [1.54, 1.807) is 0 Å². The maximum Gasteiger partial charge on any atom is 1.00 e. The van der Waals surface area contributed by atoms with Crippen LogP contribution in [0.1, 0.15) is 28.5 Å². The predicted octanol–water partition coefficient (Wildman–Crippen LogP) is 0.0299. The molecule has 3 atom stereocenters. The van der Waals surface area contributed by atoms with E-state index in [4.69, 9.17) is 0 Å². The molecular weight excluding hydrogens is 245 g/mol. The molecule has 0 fully saturated rings. The van der Waals surface area contributed by atoms with E-state index < -0.39 is 0 Å². The van der Waals surface area contributed by atoms with Crippen molar-refractivity contribution < 1.29 is 35.8 Å². The van der Waals surface area contributed by atoms with Crippen LogP contribution in [-0.2, 0) is 0 Å². The molecule has 0 saturated carbocycles. The Bertz CT molecular complexity index is 373. The summed E-state index contributed by atoms with van der Waals surface area (Å²) in [4.78, 5) is 12.1. The number of aryl methyl sites for hydroxylation is 3. The maximum atomic E-state index is 12.1. The van der Waals surface area contributed by atoms with Gasteiger partial charge in [-0.25, -0.2) is 0 Å². The number of ketones is 1. The zero-order valence-electron chi connectivity index (χ0n) is 11.5. The summed E-state index contributed by atoms with van der Waals surface area (Å²) in [5, 5.41) is 0. The molecule has 1 aromatic rings. The standard InChI is InChI=1S/C12H18OP2.Na.H/c1-7-4-8(2)11(9(3)5-7)12(13)10(15)6-14;;/h4-5,10H,6,14-15H2,1-3H3;;/q;+1;-1. The van der Waals surface area contributed by atoms with Gasteiger partial charge in [-0.1, -0.05) is 17.7 Å². The van der Waals surface area contributed by atoms with Crippen molar-refractivity contribution in [1.82, 2.24) is 0 Å². The van der Waals surface area contributed by atoms with Gasteiger partial charge >= 0.3 is 29.6 Å². The fraction of sp³-hybridized carbons (Fsp3) is 0.417. The number of hydrogen-bond acceptors (Lipinski definition) is 1. The molecule has 0 saturated heterocycles. The van der Waals surface area contributed by atoms with Crippen LogP contribution >= 0.6 is 18.5 Å². The number of carbonyl (C=O) groups is 1. The third kappa shape index (κ3) is 3.90. The van der Waals surface area contributed by atoms with Gasteiger partial charge in [0.15, 0.2) is 5.78 Å². The topological polar surface area (TPSA) is 17.1 Å². The number of rotatable bonds is 3. The van der Waals surface area contributed by atoms with Crippen LogP contribution in [-0.4, -0.2) is 17.6 Å². The van der Waals surface area contributed by atoms with Gasteiger partial charge in [0.2, 0.25) is 0 Å². The molecule has 4 heteroatoms. The average molecular weight is 264 g/mol. The molecule has 0 heterocycles. The van der Waals surface area contributed by atoms with Crippen molar-refractivity contribution >= 4 is 24.3 Å². The Balaban J connectivity index is 0. The average Bonchev–Trinajstić information content (AvgIpc) is 2.14. The van der Waals surface area contributed by atoms with Crippen LogP contribution in [0.4, 0.5) is 0 Å². The van der Waals surface area contributed by atoms with Crippen LogP contribution in [0, 0.1) is 20.8 Å². The van der Waals surface area contributed by atoms with Crippen LogP contribution in [0.3, 0.4) is 0 Å². The molecule has 0 aliphatic heterocycles. The largest absolute Gasteiger partial charge is 1.00 e. The third-order valence-corrected chi connectivity index (χ3v) is 4.14. The fourth-order valence-corrected chi connectivity index (χ4v) is 2.24. The van der Waals surface area contributed by atoms with E-state index >= 15 is 0 Å². The SMILES string of the molecule is Cc1cc(C)c(C(=O)C(P)CP)c(C)c1.[H-].[Na+]. The van der Waals surface area contributed by atoms with E-state index in [9.17, 15) is 4.79 Å². The Morgan fingerprint density at radius 1 is 1.31 bits per heavy atom. The number of hydrogen-bond donors (Lipinski definition) is 0. The molecule has 1 rings (SSSR count). The van der Waals surface area contributed by atoms with Crippen molar-refractivity contribution in [3.63, 3.8) is 0 Å². The summed E-state index contributed by atoms with van der Waals surface area (Å²) in [5.41, 5.74) is 4.29. The molecule has 0 N–H and O–H groups in total. The van der Waals surface area contributed by atoms with Gasteiger partial charge in [0, 0.05) is 11.2 Å². The molecule has 16 heavy (non-hydrogen) atoms. The summed E-state index contributed by atoms with van der Waals surface area (Å²) in [7, 11) is 5.22. The van der Waals surface area contributed by atoms with E-state index in [-0.39, 0.29) is 42.4 Å². The van der Waals surface area contributed by atoms with Crippen molar-refractivity contribution in [3.05, 3.63) is 34.4 Å². The minimum atomic E-state index is 0. The zero-order chi connectivity index (χ0) is 11.6. The van der Waals surface area contributed by atoms with Gasteiger partial charge < -0.3 is 1.43 Å². The Labute approximate surface area is 126 Å². The first-order valence-corrected chi connectivity index (χ1v) is 6.53. The van der Waals surface area contributed by atoms with Crippen LogP contribution < -0.4 is 29.6 Å². The summed E-state index contributed by atoms with van der Waals surface area (Å²) in [5.74, 6) is 0.227. The summed E-state index contributed by atoms with van der Waals surface area (Å²) in [6.45, 7) is 6.07. The van der Waals surface area contributed by atoms with Crippen molar-refractivity contribution in [2.45, 2.75) is 26.4 Å². The van der Waals surface area contributed by atoms with Crippen molar-refractivity contribution in [3.8, 4) is 0 Å². The molecule has 0 radical (unpaired) electrons. The summed E-state index contributed by atoms with van der Waals surface area (Å²) in [6.07, 6.45) is 0.788. The fourth-order valence-electron chi connectivity index (χ4n) is 1.86. The van der Waals surface area contributed by atoms with Crippen molar-refractivity contribution in [2.24, 2.45) is 0 Å². The van der Waals surface area contributed by atoms with E-state index in [1.165, 1.54) is 5.56 Å². The van der Waals surface area contributed by atoms with Crippen LogP contribution in [0.15, 0.2) is 12.1 Å². The Hall–Kier alpha value is 0.750. The van der Waals surface area contributed by atoms with Crippen LogP contribution in [0.5, 0.6) is 0 Å². The molecule has 0 aromatic heterocycles. The maximum absolute atomic E-state index is 12.1. The molecular formula is C12H19NaOP2. The summed E-state index contributed by atoms with van der Waals surface area (Å²) in [6, 6.07) is 4.14. The molecule has 84 valence electrons. The second-order valence-electron chi connectivity index (χ2n) is 3.98. The van der Waals surface area contributed by atoms with Gasteiger partial charge in [0.25, 0.3) is 0 Å². The van der Waals surface area contributed by atoms with Crippen molar-refractivity contribution in [2.75, 3.05) is 6.16 Å². The third-order valence-electron chi connectivity index (χ3n) is 2.51. The second-order valence-corrected chi connectivity index (χ2v) is 5.26. The molecule has 0 aliphatic rings. The van der Waals surface area contributed by atoms with Crippen molar-refractivity contribution in [1.29, 1.82) is 0 Å². The number of benzene rings is 1. The number of Topliss-reactive ketones (excluding diaryl/α,β-unsaturated/α-hetero) is 1. The van der Waals surface area contributed by atoms with Gasteiger partial charge in [0.05, 0.1) is 0 Å². The molecule has 0 spiro atoms. The van der Waals surface area contributed by atoms with Gasteiger partial charge in [-0.15, -0.1) is 18.5 Å². The molecule has 0 aliphatic carbocycles. The predicted molar refractivity (Wildman–Crippen MR) is 74.2 cm³/mol. The van der Waals surface area contributed by atoms with E-state index in [0.717, 1.165) is 22.9 Å². The Morgan fingerprint density at radius 2 is 1.75 bits per heavy atom. The summed E-state index contributed by atoms with van der Waals surface area (Å²) >= 11 is 0. The van der Waals surface area contributed by atoms with Gasteiger partial charge in [-0.05, 0) is 38.1 Å². The first-order chi connectivity index (χ1) is 6.97. The molecule has 1 nitrogen and oxygen atoms in total. The zero-order valence-corrected chi connectivity index (χ0v) is 14.8. The first-order valence-electron chi connectivity index (χ1n) is 5.05. The summed E-state index contributed by atoms with van der Waals surface area (Å²) < 4.78 is 0. The van der Waals surface area contributed by atoms with Crippen LogP contribution in [0.2, 0.25) is 0 Å². The smallest absolute Gasteiger partial charge is 1.00 e. The molecule has 0 bridgehead atoms. The van der Waals surface area contributed by atoms with E-state index in [1.807, 2.05) is 13.8 Å². The normalized spacial score (nSPS) is 11.8. The number of carbonyl (C=O) groups excluding carboxylic acids is 1.